The van der Waals surface area contributed by atoms with Crippen LogP contribution < -0.4 is 15.4 Å². The van der Waals surface area contributed by atoms with Gasteiger partial charge in [-0.25, -0.2) is 0 Å². The van der Waals surface area contributed by atoms with Crippen LogP contribution in [-0.4, -0.2) is 56.1 Å². The number of halogens is 1. The first kappa shape index (κ1) is 21.4. The number of benzene rings is 2. The quantitative estimate of drug-likeness (QED) is 0.531. The minimum absolute atomic E-state index is 0.162. The van der Waals surface area contributed by atoms with Gasteiger partial charge in [0, 0.05) is 30.2 Å². The third kappa shape index (κ3) is 5.64. The van der Waals surface area contributed by atoms with Gasteiger partial charge in [0.2, 0.25) is 0 Å². The molecule has 0 radical (unpaired) electrons. The molecule has 2 heterocycles. The molecule has 2 aromatic carbocycles. The summed E-state index contributed by atoms with van der Waals surface area (Å²) >= 11 is 6.00. The minimum Gasteiger partial charge on any atom is -0.449 e. The molecule has 0 aliphatic carbocycles. The topological polar surface area (TPSA) is 79.9 Å². The van der Waals surface area contributed by atoms with Crippen LogP contribution in [-0.2, 0) is 9.53 Å². The number of nitrogens with zero attached hydrogens (tertiary/aromatic N) is 1. The highest BCUT2D eigenvalue weighted by Gasteiger charge is 2.23. The number of morpholine rings is 1. The van der Waals surface area contributed by atoms with Crippen LogP contribution in [0.25, 0.3) is 6.08 Å². The lowest BCUT2D eigenvalue weighted by molar-refractivity contribution is -0.115. The van der Waals surface area contributed by atoms with Crippen LogP contribution in [0, 0.1) is 0 Å². The maximum Gasteiger partial charge on any atom is 0.291 e. The normalized spacial score (nSPS) is 17.6. The van der Waals surface area contributed by atoms with Crippen molar-refractivity contribution in [1.82, 2.24) is 10.2 Å². The molecule has 4 rings (SSSR count). The molecule has 0 aromatic heterocycles. The summed E-state index contributed by atoms with van der Waals surface area (Å²) < 4.78 is 11.1. The van der Waals surface area contributed by atoms with Crippen LogP contribution in [0.4, 0.5) is 5.69 Å². The molecule has 0 spiro atoms. The van der Waals surface area contributed by atoms with Crippen molar-refractivity contribution >= 4 is 35.2 Å². The zero-order chi connectivity index (χ0) is 21.6. The van der Waals surface area contributed by atoms with Gasteiger partial charge in [0.1, 0.15) is 0 Å². The predicted octanol–water partition coefficient (Wildman–Crippen LogP) is 3.16. The maximum absolute atomic E-state index is 12.5. The second kappa shape index (κ2) is 9.96. The summed E-state index contributed by atoms with van der Waals surface area (Å²) in [6.07, 6.45) is 2.49. The van der Waals surface area contributed by atoms with E-state index in [-0.39, 0.29) is 17.6 Å². The fourth-order valence-electron chi connectivity index (χ4n) is 3.48. The lowest BCUT2D eigenvalue weighted by Gasteiger charge is -2.26. The second-order valence-corrected chi connectivity index (χ2v) is 7.83. The number of rotatable bonds is 6. The number of nitrogens with one attached hydrogen (secondary N) is 2. The Kier molecular flexibility index (Phi) is 6.86. The van der Waals surface area contributed by atoms with Crippen LogP contribution in [0.1, 0.15) is 22.3 Å². The van der Waals surface area contributed by atoms with E-state index in [1.807, 2.05) is 6.07 Å². The van der Waals surface area contributed by atoms with Gasteiger partial charge in [0.15, 0.2) is 11.5 Å². The standard InChI is InChI=1S/C23H24ClN3O4/c24-18-4-1-3-16(13-18)14-21-23(29)26-19-15-17(5-6-20(19)31-21)22(28)25-7-2-8-27-9-11-30-12-10-27/h1,3-6,13-15H,2,7-12H2,(H,25,28)(H,26,29)/b21-14+. The van der Waals surface area contributed by atoms with Gasteiger partial charge >= 0.3 is 0 Å². The van der Waals surface area contributed by atoms with Gasteiger partial charge in [-0.2, -0.15) is 0 Å². The summed E-state index contributed by atoms with van der Waals surface area (Å²) in [4.78, 5) is 27.2. The van der Waals surface area contributed by atoms with Crippen LogP contribution in [0.3, 0.4) is 0 Å². The molecule has 2 N–H and O–H groups in total. The fraction of sp³-hybridized carbons (Fsp3) is 0.304. The summed E-state index contributed by atoms with van der Waals surface area (Å²) in [6, 6.07) is 12.1. The van der Waals surface area contributed by atoms with E-state index in [9.17, 15) is 9.59 Å². The first-order chi connectivity index (χ1) is 15.1. The third-order valence-corrected chi connectivity index (χ3v) is 5.36. The highest BCUT2D eigenvalue weighted by atomic mass is 35.5. The van der Waals surface area contributed by atoms with Gasteiger partial charge in [0.05, 0.1) is 18.9 Å². The van der Waals surface area contributed by atoms with Crippen molar-refractivity contribution in [2.45, 2.75) is 6.42 Å². The molecule has 1 saturated heterocycles. The van der Waals surface area contributed by atoms with Crippen LogP contribution in [0.5, 0.6) is 5.75 Å². The van der Waals surface area contributed by atoms with Gasteiger partial charge < -0.3 is 20.1 Å². The van der Waals surface area contributed by atoms with E-state index in [1.165, 1.54) is 0 Å². The number of carbonyl (C=O) groups is 2. The van der Waals surface area contributed by atoms with E-state index in [0.717, 1.165) is 44.8 Å². The molecule has 162 valence electrons. The fourth-order valence-corrected chi connectivity index (χ4v) is 3.68. The van der Waals surface area contributed by atoms with Gasteiger partial charge in [-0.15, -0.1) is 0 Å². The molecule has 1 fully saturated rings. The molecule has 7 nitrogen and oxygen atoms in total. The SMILES string of the molecule is O=C1Nc2cc(C(=O)NCCCN3CCOCC3)ccc2O/C1=C/c1cccc(Cl)c1. The first-order valence-electron chi connectivity index (χ1n) is 10.3. The van der Waals surface area contributed by atoms with Crippen molar-refractivity contribution in [2.75, 3.05) is 44.7 Å². The Labute approximate surface area is 186 Å². The van der Waals surface area contributed by atoms with E-state index in [1.54, 1.807) is 42.5 Å². The summed E-state index contributed by atoms with van der Waals surface area (Å²) in [7, 11) is 0. The average Bonchev–Trinajstić information content (AvgIpc) is 2.77. The van der Waals surface area contributed by atoms with Crippen molar-refractivity contribution in [1.29, 1.82) is 0 Å². The van der Waals surface area contributed by atoms with Crippen molar-refractivity contribution < 1.29 is 19.1 Å². The smallest absolute Gasteiger partial charge is 0.291 e. The molecule has 2 aliphatic heterocycles. The number of ether oxygens (including phenoxy) is 2. The Bertz CT molecular complexity index is 1000. The number of fused-ring (bicyclic) bond motifs is 1. The summed E-state index contributed by atoms with van der Waals surface area (Å²) in [6.45, 7) is 4.93. The van der Waals surface area contributed by atoms with Crippen molar-refractivity contribution in [3.63, 3.8) is 0 Å². The Hall–Kier alpha value is -2.87. The third-order valence-electron chi connectivity index (χ3n) is 5.12. The highest BCUT2D eigenvalue weighted by molar-refractivity contribution is 6.30. The molecule has 8 heteroatoms. The van der Waals surface area contributed by atoms with Crippen molar-refractivity contribution in [3.05, 3.63) is 64.4 Å². The number of hydrogen-bond donors (Lipinski definition) is 2. The van der Waals surface area contributed by atoms with E-state index in [0.29, 0.717) is 28.6 Å². The van der Waals surface area contributed by atoms with Gasteiger partial charge in [-0.1, -0.05) is 23.7 Å². The average molecular weight is 442 g/mol. The number of hydrogen-bond acceptors (Lipinski definition) is 5. The first-order valence-corrected chi connectivity index (χ1v) is 10.6. The Balaban J connectivity index is 1.35. The highest BCUT2D eigenvalue weighted by Crippen LogP contribution is 2.32. The van der Waals surface area contributed by atoms with Crippen LogP contribution in [0.2, 0.25) is 5.02 Å². The molecule has 0 atom stereocenters. The Morgan fingerprint density at radius 3 is 2.84 bits per heavy atom. The molecule has 0 saturated carbocycles. The summed E-state index contributed by atoms with van der Waals surface area (Å²) in [5, 5.41) is 6.29. The zero-order valence-electron chi connectivity index (χ0n) is 17.0. The molecular weight excluding hydrogens is 418 g/mol. The van der Waals surface area contributed by atoms with Crippen LogP contribution >= 0.6 is 11.6 Å². The lowest BCUT2D eigenvalue weighted by atomic mass is 10.1. The zero-order valence-corrected chi connectivity index (χ0v) is 17.8. The second-order valence-electron chi connectivity index (χ2n) is 7.39. The minimum atomic E-state index is -0.379. The van der Waals surface area contributed by atoms with E-state index in [2.05, 4.69) is 15.5 Å². The Morgan fingerprint density at radius 2 is 2.03 bits per heavy atom. The molecule has 2 aromatic rings. The predicted molar refractivity (Wildman–Crippen MR) is 119 cm³/mol. The molecule has 31 heavy (non-hydrogen) atoms. The van der Waals surface area contributed by atoms with E-state index in [4.69, 9.17) is 21.1 Å². The monoisotopic (exact) mass is 441 g/mol. The molecule has 0 unspecified atom stereocenters. The van der Waals surface area contributed by atoms with Gasteiger partial charge in [-0.05, 0) is 54.9 Å². The molecule has 2 amide bonds. The molecule has 0 bridgehead atoms. The molecular formula is C23H24ClN3O4. The maximum atomic E-state index is 12.5. The number of carbonyl (C=O) groups excluding carboxylic acids is 2. The number of anilines is 1. The Morgan fingerprint density at radius 1 is 1.19 bits per heavy atom. The van der Waals surface area contributed by atoms with Crippen molar-refractivity contribution in [2.24, 2.45) is 0 Å². The largest absolute Gasteiger partial charge is 0.449 e. The summed E-state index contributed by atoms with van der Waals surface area (Å²) in [5.41, 5.74) is 1.69. The van der Waals surface area contributed by atoms with E-state index >= 15 is 0 Å². The lowest BCUT2D eigenvalue weighted by Crippen LogP contribution is -2.38. The van der Waals surface area contributed by atoms with Gasteiger partial charge in [-0.3, -0.25) is 14.5 Å². The summed E-state index contributed by atoms with van der Waals surface area (Å²) in [5.74, 6) is 0.0849. The van der Waals surface area contributed by atoms with E-state index < -0.39 is 0 Å². The van der Waals surface area contributed by atoms with Gasteiger partial charge in [0.25, 0.3) is 11.8 Å². The molecule has 2 aliphatic rings. The number of amides is 2. The van der Waals surface area contributed by atoms with Crippen LogP contribution in [0.15, 0.2) is 48.2 Å². The van der Waals surface area contributed by atoms with Crippen molar-refractivity contribution in [3.8, 4) is 5.75 Å².